The second-order valence-corrected chi connectivity index (χ2v) is 4.65. The van der Waals surface area contributed by atoms with Crippen LogP contribution in [-0.2, 0) is 5.33 Å². The Kier molecular flexibility index (Phi) is 5.30. The largest absolute Gasteiger partial charge is 0.375 e. The fraction of sp³-hybridized carbons (Fsp3) is 0.111. The van der Waals surface area contributed by atoms with Gasteiger partial charge in [-0.15, -0.1) is 0 Å². The first-order valence-electron chi connectivity index (χ1n) is 4.17. The van der Waals surface area contributed by atoms with Gasteiger partial charge in [0.05, 0.1) is 10.7 Å². The van der Waals surface area contributed by atoms with Crippen molar-refractivity contribution in [3.8, 4) is 0 Å². The average Bonchev–Trinajstić information content (AvgIpc) is 2.23. The zero-order valence-corrected chi connectivity index (χ0v) is 12.0. The standard InChI is InChI=1S/C9H8Br2FN3S/c10-3-6-5(4-14-15-9(13)16)1-2-7(11)8(6)12/h1-2,4H,3H2,(H3,13,15,16). The molecule has 0 heterocycles. The Balaban J connectivity index is 3.00. The van der Waals surface area contributed by atoms with Gasteiger partial charge >= 0.3 is 0 Å². The van der Waals surface area contributed by atoms with Crippen molar-refractivity contribution < 1.29 is 4.39 Å². The minimum absolute atomic E-state index is 0.0641. The molecule has 7 heteroatoms. The van der Waals surface area contributed by atoms with Crippen molar-refractivity contribution in [2.24, 2.45) is 10.8 Å². The molecule has 0 bridgehead atoms. The molecule has 0 unspecified atom stereocenters. The molecule has 0 aliphatic carbocycles. The van der Waals surface area contributed by atoms with Gasteiger partial charge in [0.1, 0.15) is 5.82 Å². The molecule has 0 fully saturated rings. The Morgan fingerprint density at radius 1 is 1.62 bits per heavy atom. The first-order valence-corrected chi connectivity index (χ1v) is 6.50. The molecule has 3 N–H and O–H groups in total. The molecule has 3 nitrogen and oxygen atoms in total. The molecule has 1 rings (SSSR count). The number of rotatable bonds is 3. The Hall–Kier alpha value is -0.530. The summed E-state index contributed by atoms with van der Waals surface area (Å²) < 4.78 is 14.1. The van der Waals surface area contributed by atoms with Crippen molar-refractivity contribution >= 4 is 55.4 Å². The number of hydrazone groups is 1. The molecule has 0 saturated carbocycles. The highest BCUT2D eigenvalue weighted by atomic mass is 79.9. The van der Waals surface area contributed by atoms with Crippen LogP contribution in [0.3, 0.4) is 0 Å². The number of nitrogens with two attached hydrogens (primary N) is 1. The monoisotopic (exact) mass is 367 g/mol. The van der Waals surface area contributed by atoms with Crippen molar-refractivity contribution in [2.45, 2.75) is 5.33 Å². The van der Waals surface area contributed by atoms with Crippen LogP contribution >= 0.6 is 44.1 Å². The van der Waals surface area contributed by atoms with Crippen molar-refractivity contribution in [3.63, 3.8) is 0 Å². The van der Waals surface area contributed by atoms with Crippen LogP contribution in [0, 0.1) is 5.82 Å². The summed E-state index contributed by atoms with van der Waals surface area (Å²) in [7, 11) is 0. The predicted molar refractivity (Wildman–Crippen MR) is 74.2 cm³/mol. The minimum atomic E-state index is -0.309. The Bertz CT molecular complexity index is 437. The van der Waals surface area contributed by atoms with Gasteiger partial charge in [0.15, 0.2) is 5.11 Å². The maximum atomic E-state index is 13.6. The van der Waals surface area contributed by atoms with Crippen molar-refractivity contribution in [3.05, 3.63) is 33.5 Å². The fourth-order valence-corrected chi connectivity index (χ4v) is 2.02. The summed E-state index contributed by atoms with van der Waals surface area (Å²) in [5, 5.41) is 4.24. The molecule has 0 amide bonds. The summed E-state index contributed by atoms with van der Waals surface area (Å²) in [6.07, 6.45) is 1.46. The second-order valence-electron chi connectivity index (χ2n) is 2.80. The summed E-state index contributed by atoms with van der Waals surface area (Å²) in [6, 6.07) is 3.36. The minimum Gasteiger partial charge on any atom is -0.375 e. The van der Waals surface area contributed by atoms with E-state index in [1.165, 1.54) is 6.21 Å². The number of halogens is 3. The number of nitrogens with one attached hydrogen (secondary N) is 1. The van der Waals surface area contributed by atoms with Gasteiger partial charge < -0.3 is 5.73 Å². The van der Waals surface area contributed by atoms with E-state index in [2.05, 4.69) is 54.6 Å². The number of hydrogen-bond donors (Lipinski definition) is 2. The van der Waals surface area contributed by atoms with Gasteiger partial charge in [0, 0.05) is 16.5 Å². The highest BCUT2D eigenvalue weighted by Crippen LogP contribution is 2.23. The quantitative estimate of drug-likeness (QED) is 0.373. The van der Waals surface area contributed by atoms with E-state index < -0.39 is 0 Å². The zero-order chi connectivity index (χ0) is 12.1. The van der Waals surface area contributed by atoms with E-state index in [1.54, 1.807) is 12.1 Å². The lowest BCUT2D eigenvalue weighted by Crippen LogP contribution is -2.24. The molecule has 0 radical (unpaired) electrons. The summed E-state index contributed by atoms with van der Waals surface area (Å²) >= 11 is 10.9. The average molecular weight is 369 g/mol. The van der Waals surface area contributed by atoms with Crippen LogP contribution in [0.2, 0.25) is 0 Å². The van der Waals surface area contributed by atoms with Crippen molar-refractivity contribution in [1.29, 1.82) is 0 Å². The van der Waals surface area contributed by atoms with Crippen LogP contribution in [0.1, 0.15) is 11.1 Å². The van der Waals surface area contributed by atoms with Crippen LogP contribution in [-0.4, -0.2) is 11.3 Å². The van der Waals surface area contributed by atoms with E-state index in [-0.39, 0.29) is 10.9 Å². The molecule has 0 saturated heterocycles. The number of benzene rings is 1. The van der Waals surface area contributed by atoms with Gasteiger partial charge in [0.2, 0.25) is 0 Å². The maximum Gasteiger partial charge on any atom is 0.184 e. The molecule has 1 aromatic carbocycles. The van der Waals surface area contributed by atoms with Gasteiger partial charge in [-0.3, -0.25) is 5.43 Å². The third kappa shape index (κ3) is 3.50. The van der Waals surface area contributed by atoms with Crippen LogP contribution in [0.25, 0.3) is 0 Å². The van der Waals surface area contributed by atoms with Crippen molar-refractivity contribution in [2.75, 3.05) is 0 Å². The molecule has 0 aliphatic heterocycles. The second kappa shape index (κ2) is 6.27. The van der Waals surface area contributed by atoms with Crippen molar-refractivity contribution in [1.82, 2.24) is 5.43 Å². The van der Waals surface area contributed by atoms with Crippen LogP contribution in [0.5, 0.6) is 0 Å². The van der Waals surface area contributed by atoms with E-state index in [1.807, 2.05) is 0 Å². The molecule has 0 atom stereocenters. The predicted octanol–water partition coefficient (Wildman–Crippen LogP) is 2.65. The molecular formula is C9H8Br2FN3S. The lowest BCUT2D eigenvalue weighted by molar-refractivity contribution is 0.610. The van der Waals surface area contributed by atoms with E-state index in [4.69, 9.17) is 5.73 Å². The molecule has 86 valence electrons. The van der Waals surface area contributed by atoms with Gasteiger partial charge in [-0.05, 0) is 34.2 Å². The van der Waals surface area contributed by atoms with Gasteiger partial charge in [-0.2, -0.15) is 5.10 Å². The van der Waals surface area contributed by atoms with E-state index >= 15 is 0 Å². The summed E-state index contributed by atoms with van der Waals surface area (Å²) in [5.41, 5.74) is 8.78. The highest BCUT2D eigenvalue weighted by Gasteiger charge is 2.09. The summed E-state index contributed by atoms with van der Waals surface area (Å²) in [4.78, 5) is 0. The third-order valence-electron chi connectivity index (χ3n) is 1.74. The first-order chi connectivity index (χ1) is 7.56. The van der Waals surface area contributed by atoms with Gasteiger partial charge in [-0.25, -0.2) is 4.39 Å². The van der Waals surface area contributed by atoms with Gasteiger partial charge in [-0.1, -0.05) is 22.0 Å². The van der Waals surface area contributed by atoms with E-state index in [0.29, 0.717) is 20.9 Å². The highest BCUT2D eigenvalue weighted by molar-refractivity contribution is 9.10. The number of nitrogens with zero attached hydrogens (tertiary/aromatic N) is 1. The summed E-state index contributed by atoms with van der Waals surface area (Å²) in [6.45, 7) is 0. The SMILES string of the molecule is NC(=S)NN=Cc1ccc(Br)c(F)c1CBr. The molecule has 16 heavy (non-hydrogen) atoms. The normalized spacial score (nSPS) is 10.7. The molecular weight excluding hydrogens is 361 g/mol. The third-order valence-corrected chi connectivity index (χ3v) is 3.01. The topological polar surface area (TPSA) is 50.4 Å². The maximum absolute atomic E-state index is 13.6. The van der Waals surface area contributed by atoms with Crippen LogP contribution in [0.15, 0.2) is 21.7 Å². The first kappa shape index (κ1) is 13.5. The lowest BCUT2D eigenvalue weighted by Gasteiger charge is -2.05. The molecule has 0 spiro atoms. The molecule has 0 aromatic heterocycles. The van der Waals surface area contributed by atoms with Crippen LogP contribution < -0.4 is 11.2 Å². The lowest BCUT2D eigenvalue weighted by atomic mass is 10.1. The Morgan fingerprint density at radius 3 is 2.88 bits per heavy atom. The Morgan fingerprint density at radius 2 is 2.31 bits per heavy atom. The zero-order valence-electron chi connectivity index (χ0n) is 8.01. The summed E-state index contributed by atoms with van der Waals surface area (Å²) in [5.74, 6) is -0.309. The van der Waals surface area contributed by atoms with E-state index in [9.17, 15) is 4.39 Å². The van der Waals surface area contributed by atoms with E-state index in [0.717, 1.165) is 0 Å². The number of thiocarbonyl (C=S) groups is 1. The molecule has 1 aromatic rings. The smallest absolute Gasteiger partial charge is 0.184 e. The van der Waals surface area contributed by atoms with Gasteiger partial charge in [0.25, 0.3) is 0 Å². The fourth-order valence-electron chi connectivity index (χ4n) is 1.03. The number of alkyl halides is 1. The Labute approximate surface area is 115 Å². The van der Waals surface area contributed by atoms with Crippen LogP contribution in [0.4, 0.5) is 4.39 Å². The number of hydrogen-bond acceptors (Lipinski definition) is 2. The molecule has 0 aliphatic rings.